The van der Waals surface area contributed by atoms with E-state index in [9.17, 15) is 9.46 Å². The molecule has 0 saturated heterocycles. The van der Waals surface area contributed by atoms with Crippen LogP contribution in [0.1, 0.15) is 0 Å². The van der Waals surface area contributed by atoms with E-state index in [4.69, 9.17) is 10.8 Å². The lowest BCUT2D eigenvalue weighted by Gasteiger charge is -2.08. The van der Waals surface area contributed by atoms with Gasteiger partial charge >= 0.3 is 0 Å². The lowest BCUT2D eigenvalue weighted by atomic mass is 10.5. The van der Waals surface area contributed by atoms with Crippen LogP contribution < -0.4 is 5.73 Å². The SMILES string of the molecule is Nc1ncnc2c1ncn2CP(=O)(O)CO. The van der Waals surface area contributed by atoms with Crippen LogP contribution in [0, 0.1) is 0 Å². The first-order valence-electron chi connectivity index (χ1n) is 4.36. The predicted octanol–water partition coefficient (Wildman–Crippen LogP) is -0.414. The summed E-state index contributed by atoms with van der Waals surface area (Å²) in [5.41, 5.74) is 6.30. The second-order valence-corrected chi connectivity index (χ2v) is 5.53. The number of rotatable bonds is 3. The van der Waals surface area contributed by atoms with E-state index < -0.39 is 13.7 Å². The van der Waals surface area contributed by atoms with Crippen molar-refractivity contribution >= 4 is 24.4 Å². The summed E-state index contributed by atoms with van der Waals surface area (Å²) >= 11 is 0. The normalized spacial score (nSPS) is 15.1. The third-order valence-corrected chi connectivity index (χ3v) is 3.21. The molecule has 2 aromatic rings. The monoisotopic (exact) mass is 243 g/mol. The zero-order valence-corrected chi connectivity index (χ0v) is 9.08. The molecule has 86 valence electrons. The molecule has 8 nitrogen and oxygen atoms in total. The van der Waals surface area contributed by atoms with Crippen LogP contribution in [0.15, 0.2) is 12.7 Å². The van der Waals surface area contributed by atoms with E-state index in [0.29, 0.717) is 11.2 Å². The number of anilines is 1. The lowest BCUT2D eigenvalue weighted by molar-refractivity contribution is 0.329. The molecule has 2 rings (SSSR count). The van der Waals surface area contributed by atoms with Crippen LogP contribution in [0.3, 0.4) is 0 Å². The maximum absolute atomic E-state index is 11.4. The van der Waals surface area contributed by atoms with Crippen LogP contribution in [0.2, 0.25) is 0 Å². The summed E-state index contributed by atoms with van der Waals surface area (Å²) in [6, 6.07) is 0. The number of nitrogens with two attached hydrogens (primary N) is 1. The van der Waals surface area contributed by atoms with Gasteiger partial charge in [0.1, 0.15) is 24.5 Å². The van der Waals surface area contributed by atoms with E-state index in [0.717, 1.165) is 0 Å². The van der Waals surface area contributed by atoms with Crippen LogP contribution in [-0.4, -0.2) is 35.9 Å². The molecular formula is C7H10N5O3P. The molecule has 0 saturated carbocycles. The zero-order valence-electron chi connectivity index (χ0n) is 8.19. The van der Waals surface area contributed by atoms with E-state index in [2.05, 4.69) is 15.0 Å². The second kappa shape index (κ2) is 3.82. The Kier molecular flexibility index (Phi) is 2.63. The van der Waals surface area contributed by atoms with Crippen LogP contribution in [0.25, 0.3) is 11.2 Å². The number of hydrogen-bond acceptors (Lipinski definition) is 6. The van der Waals surface area contributed by atoms with E-state index in [-0.39, 0.29) is 12.1 Å². The van der Waals surface area contributed by atoms with Gasteiger partial charge in [0.2, 0.25) is 7.37 Å². The number of fused-ring (bicyclic) bond motifs is 1. The van der Waals surface area contributed by atoms with E-state index in [1.807, 2.05) is 0 Å². The lowest BCUT2D eigenvalue weighted by Crippen LogP contribution is -2.02. The minimum Gasteiger partial charge on any atom is -0.386 e. The number of aliphatic hydroxyl groups is 1. The van der Waals surface area contributed by atoms with Crippen molar-refractivity contribution in [3.05, 3.63) is 12.7 Å². The molecule has 2 heterocycles. The van der Waals surface area contributed by atoms with Crippen molar-refractivity contribution in [1.82, 2.24) is 19.5 Å². The van der Waals surface area contributed by atoms with Crippen molar-refractivity contribution in [3.63, 3.8) is 0 Å². The second-order valence-electron chi connectivity index (χ2n) is 3.27. The van der Waals surface area contributed by atoms with Gasteiger partial charge in [-0.25, -0.2) is 15.0 Å². The Morgan fingerprint density at radius 3 is 2.88 bits per heavy atom. The van der Waals surface area contributed by atoms with Gasteiger partial charge in [0.05, 0.1) is 6.33 Å². The first-order valence-corrected chi connectivity index (χ1v) is 6.39. The largest absolute Gasteiger partial charge is 0.386 e. The molecule has 1 atom stereocenters. The number of imidazole rings is 1. The van der Waals surface area contributed by atoms with Crippen molar-refractivity contribution in [1.29, 1.82) is 0 Å². The topological polar surface area (TPSA) is 127 Å². The summed E-state index contributed by atoms with van der Waals surface area (Å²) in [5, 5.41) is 8.72. The fourth-order valence-corrected chi connectivity index (χ4v) is 2.06. The molecule has 0 radical (unpaired) electrons. The van der Waals surface area contributed by atoms with Gasteiger partial charge in [0.15, 0.2) is 11.5 Å². The Morgan fingerprint density at radius 2 is 2.19 bits per heavy atom. The molecule has 0 amide bonds. The van der Waals surface area contributed by atoms with E-state index in [1.165, 1.54) is 17.2 Å². The Bertz CT molecular complexity index is 568. The fourth-order valence-electron chi connectivity index (χ4n) is 1.29. The molecule has 0 aromatic carbocycles. The molecule has 0 aliphatic rings. The maximum Gasteiger partial charge on any atom is 0.244 e. The third kappa shape index (κ3) is 1.90. The first kappa shape index (κ1) is 11.0. The molecule has 4 N–H and O–H groups in total. The summed E-state index contributed by atoms with van der Waals surface area (Å²) in [6.45, 7) is 0. The quantitative estimate of drug-likeness (QED) is 0.625. The molecule has 2 aromatic heterocycles. The van der Waals surface area contributed by atoms with Gasteiger partial charge in [-0.05, 0) is 0 Å². The Hall–Kier alpha value is -1.50. The van der Waals surface area contributed by atoms with Crippen LogP contribution in [0.4, 0.5) is 5.82 Å². The highest BCUT2D eigenvalue weighted by Crippen LogP contribution is 2.41. The minimum absolute atomic E-state index is 0.209. The van der Waals surface area contributed by atoms with Gasteiger partial charge < -0.3 is 20.3 Å². The molecule has 0 spiro atoms. The Morgan fingerprint density at radius 1 is 1.44 bits per heavy atom. The summed E-state index contributed by atoms with van der Waals surface area (Å²) in [6.07, 6.45) is 1.55. The molecular weight excluding hydrogens is 233 g/mol. The summed E-state index contributed by atoms with van der Waals surface area (Å²) in [7, 11) is -3.60. The van der Waals surface area contributed by atoms with Crippen molar-refractivity contribution < 1.29 is 14.6 Å². The molecule has 0 aliphatic heterocycles. The van der Waals surface area contributed by atoms with Crippen molar-refractivity contribution in [2.75, 3.05) is 12.1 Å². The highest BCUT2D eigenvalue weighted by molar-refractivity contribution is 7.56. The summed E-state index contributed by atoms with van der Waals surface area (Å²) < 4.78 is 12.7. The molecule has 1 unspecified atom stereocenters. The fraction of sp³-hybridized carbons (Fsp3) is 0.286. The number of aromatic nitrogens is 4. The average molecular weight is 243 g/mol. The Balaban J connectivity index is 2.47. The van der Waals surface area contributed by atoms with Gasteiger partial charge in [-0.1, -0.05) is 0 Å². The van der Waals surface area contributed by atoms with Crippen molar-refractivity contribution in [2.45, 2.75) is 6.29 Å². The van der Waals surface area contributed by atoms with Gasteiger partial charge in [-0.15, -0.1) is 0 Å². The average Bonchev–Trinajstić information content (AvgIpc) is 2.63. The van der Waals surface area contributed by atoms with E-state index >= 15 is 0 Å². The standard InChI is InChI=1S/C7H10N5O3P/c8-6-5-7(10-1-9-6)12(2-11-5)3-16(14,15)4-13/h1-2,13H,3-4H2,(H,14,15)(H2,8,9,10). The van der Waals surface area contributed by atoms with Gasteiger partial charge in [-0.2, -0.15) is 0 Å². The van der Waals surface area contributed by atoms with Crippen LogP contribution in [-0.2, 0) is 10.9 Å². The van der Waals surface area contributed by atoms with Gasteiger partial charge in [0, 0.05) is 0 Å². The maximum atomic E-state index is 11.4. The molecule has 9 heteroatoms. The number of nitrogens with zero attached hydrogens (tertiary/aromatic N) is 4. The predicted molar refractivity (Wildman–Crippen MR) is 56.6 cm³/mol. The number of hydrogen-bond donors (Lipinski definition) is 3. The zero-order chi connectivity index (χ0) is 11.8. The third-order valence-electron chi connectivity index (χ3n) is 2.02. The highest BCUT2D eigenvalue weighted by Gasteiger charge is 2.19. The van der Waals surface area contributed by atoms with Crippen LogP contribution >= 0.6 is 7.37 Å². The minimum atomic E-state index is -3.60. The Labute approximate surface area is 90.2 Å². The van der Waals surface area contributed by atoms with E-state index in [1.54, 1.807) is 0 Å². The highest BCUT2D eigenvalue weighted by atomic mass is 31.2. The van der Waals surface area contributed by atoms with Crippen LogP contribution in [0.5, 0.6) is 0 Å². The number of nitrogen functional groups attached to an aromatic ring is 1. The summed E-state index contributed by atoms with van der Waals surface area (Å²) in [5.74, 6) is 0.209. The van der Waals surface area contributed by atoms with Gasteiger partial charge in [0.25, 0.3) is 0 Å². The molecule has 16 heavy (non-hydrogen) atoms. The molecule has 0 aliphatic carbocycles. The van der Waals surface area contributed by atoms with Crippen molar-refractivity contribution in [3.8, 4) is 0 Å². The molecule has 0 fully saturated rings. The first-order chi connectivity index (χ1) is 7.53. The van der Waals surface area contributed by atoms with Gasteiger partial charge in [-0.3, -0.25) is 4.57 Å². The summed E-state index contributed by atoms with van der Waals surface area (Å²) in [4.78, 5) is 20.9. The number of aliphatic hydroxyl groups excluding tert-OH is 1. The smallest absolute Gasteiger partial charge is 0.244 e. The van der Waals surface area contributed by atoms with Crippen molar-refractivity contribution in [2.24, 2.45) is 0 Å². The molecule has 0 bridgehead atoms.